The predicted octanol–water partition coefficient (Wildman–Crippen LogP) is 0.798. The SMILES string of the molecule is O=C(O)C1CCC(C2CCCO2)O1. The van der Waals surface area contributed by atoms with E-state index in [2.05, 4.69) is 0 Å². The van der Waals surface area contributed by atoms with Crippen molar-refractivity contribution in [2.75, 3.05) is 6.61 Å². The lowest BCUT2D eigenvalue weighted by molar-refractivity contribution is -0.152. The summed E-state index contributed by atoms with van der Waals surface area (Å²) >= 11 is 0. The van der Waals surface area contributed by atoms with Gasteiger partial charge in [-0.1, -0.05) is 0 Å². The molecule has 0 bridgehead atoms. The first kappa shape index (κ1) is 8.97. The molecule has 0 aromatic heterocycles. The van der Waals surface area contributed by atoms with Gasteiger partial charge in [-0.05, 0) is 25.7 Å². The minimum atomic E-state index is -0.847. The summed E-state index contributed by atoms with van der Waals surface area (Å²) in [5, 5.41) is 8.71. The highest BCUT2D eigenvalue weighted by Crippen LogP contribution is 2.28. The molecule has 0 aromatic carbocycles. The van der Waals surface area contributed by atoms with Crippen molar-refractivity contribution >= 4 is 5.97 Å². The molecule has 13 heavy (non-hydrogen) atoms. The molecular formula is C9H14O4. The van der Waals surface area contributed by atoms with Gasteiger partial charge >= 0.3 is 5.97 Å². The van der Waals surface area contributed by atoms with Crippen LogP contribution in [0.1, 0.15) is 25.7 Å². The molecule has 0 aromatic rings. The summed E-state index contributed by atoms with van der Waals surface area (Å²) < 4.78 is 10.8. The van der Waals surface area contributed by atoms with Crippen LogP contribution >= 0.6 is 0 Å². The summed E-state index contributed by atoms with van der Waals surface area (Å²) in [6.45, 7) is 0.794. The Morgan fingerprint density at radius 1 is 1.23 bits per heavy atom. The number of rotatable bonds is 2. The molecule has 0 amide bonds. The Bertz CT molecular complexity index is 198. The zero-order valence-electron chi connectivity index (χ0n) is 7.44. The molecule has 0 spiro atoms. The van der Waals surface area contributed by atoms with Crippen LogP contribution in [0.2, 0.25) is 0 Å². The fourth-order valence-corrected chi connectivity index (χ4v) is 2.01. The smallest absolute Gasteiger partial charge is 0.332 e. The summed E-state index contributed by atoms with van der Waals surface area (Å²) in [7, 11) is 0. The second-order valence-corrected chi connectivity index (χ2v) is 3.63. The summed E-state index contributed by atoms with van der Waals surface area (Å²) in [5.41, 5.74) is 0. The highest BCUT2D eigenvalue weighted by atomic mass is 16.6. The molecule has 4 nitrogen and oxygen atoms in total. The van der Waals surface area contributed by atoms with Crippen molar-refractivity contribution in [3.63, 3.8) is 0 Å². The average Bonchev–Trinajstić information content (AvgIpc) is 2.75. The van der Waals surface area contributed by atoms with E-state index >= 15 is 0 Å². The van der Waals surface area contributed by atoms with Gasteiger partial charge in [0.25, 0.3) is 0 Å². The summed E-state index contributed by atoms with van der Waals surface area (Å²) in [6, 6.07) is 0. The Hall–Kier alpha value is -0.610. The second kappa shape index (κ2) is 3.64. The van der Waals surface area contributed by atoms with E-state index in [1.54, 1.807) is 0 Å². The summed E-state index contributed by atoms with van der Waals surface area (Å²) in [5.74, 6) is -0.847. The van der Waals surface area contributed by atoms with Gasteiger partial charge in [0, 0.05) is 6.61 Å². The molecule has 74 valence electrons. The van der Waals surface area contributed by atoms with Gasteiger partial charge in [0.2, 0.25) is 0 Å². The molecular weight excluding hydrogens is 172 g/mol. The standard InChI is InChI=1S/C9H14O4/c10-9(11)8-4-3-7(13-8)6-2-1-5-12-6/h6-8H,1-5H2,(H,10,11). The van der Waals surface area contributed by atoms with Crippen LogP contribution in [-0.2, 0) is 14.3 Å². The number of ether oxygens (including phenoxy) is 2. The Morgan fingerprint density at radius 3 is 2.62 bits per heavy atom. The second-order valence-electron chi connectivity index (χ2n) is 3.63. The largest absolute Gasteiger partial charge is 0.479 e. The van der Waals surface area contributed by atoms with Crippen LogP contribution in [0.15, 0.2) is 0 Å². The normalized spacial score (nSPS) is 39.5. The minimum absolute atomic E-state index is 0.0172. The van der Waals surface area contributed by atoms with Gasteiger partial charge < -0.3 is 14.6 Å². The van der Waals surface area contributed by atoms with Gasteiger partial charge in [-0.15, -0.1) is 0 Å². The van der Waals surface area contributed by atoms with Crippen LogP contribution < -0.4 is 0 Å². The van der Waals surface area contributed by atoms with Crippen molar-refractivity contribution in [3.8, 4) is 0 Å². The maximum absolute atomic E-state index is 10.6. The Morgan fingerprint density at radius 2 is 2.08 bits per heavy atom. The molecule has 2 saturated heterocycles. The quantitative estimate of drug-likeness (QED) is 0.693. The molecule has 2 rings (SSSR count). The average molecular weight is 186 g/mol. The van der Waals surface area contributed by atoms with E-state index in [-0.39, 0.29) is 12.2 Å². The first-order valence-corrected chi connectivity index (χ1v) is 4.77. The maximum atomic E-state index is 10.6. The van der Waals surface area contributed by atoms with Gasteiger partial charge in [0.1, 0.15) is 0 Å². The van der Waals surface area contributed by atoms with Crippen molar-refractivity contribution in [3.05, 3.63) is 0 Å². The molecule has 2 heterocycles. The molecule has 2 aliphatic heterocycles. The van der Waals surface area contributed by atoms with Gasteiger partial charge in [0.15, 0.2) is 6.10 Å². The van der Waals surface area contributed by atoms with E-state index in [1.165, 1.54) is 0 Å². The molecule has 2 aliphatic rings. The van der Waals surface area contributed by atoms with Crippen molar-refractivity contribution in [1.29, 1.82) is 0 Å². The van der Waals surface area contributed by atoms with E-state index in [1.807, 2.05) is 0 Å². The highest BCUT2D eigenvalue weighted by Gasteiger charge is 2.36. The lowest BCUT2D eigenvalue weighted by Gasteiger charge is -2.17. The van der Waals surface area contributed by atoms with Gasteiger partial charge in [-0.3, -0.25) is 0 Å². The fourth-order valence-electron chi connectivity index (χ4n) is 2.01. The Labute approximate surface area is 76.8 Å². The first-order valence-electron chi connectivity index (χ1n) is 4.77. The van der Waals surface area contributed by atoms with Crippen molar-refractivity contribution < 1.29 is 19.4 Å². The van der Waals surface area contributed by atoms with Crippen molar-refractivity contribution in [1.82, 2.24) is 0 Å². The van der Waals surface area contributed by atoms with Crippen LogP contribution in [0.4, 0.5) is 0 Å². The van der Waals surface area contributed by atoms with Crippen LogP contribution in [-0.4, -0.2) is 36.0 Å². The van der Waals surface area contributed by atoms with Crippen LogP contribution in [0, 0.1) is 0 Å². The Balaban J connectivity index is 1.86. The third kappa shape index (κ3) is 1.84. The molecule has 0 radical (unpaired) electrons. The highest BCUT2D eigenvalue weighted by molar-refractivity contribution is 5.72. The lowest BCUT2D eigenvalue weighted by atomic mass is 10.1. The molecule has 1 N–H and O–H groups in total. The topological polar surface area (TPSA) is 55.8 Å². The van der Waals surface area contributed by atoms with Gasteiger partial charge in [-0.25, -0.2) is 4.79 Å². The van der Waals surface area contributed by atoms with E-state index in [4.69, 9.17) is 14.6 Å². The molecule has 2 fully saturated rings. The first-order chi connectivity index (χ1) is 6.27. The van der Waals surface area contributed by atoms with Crippen LogP contribution in [0.5, 0.6) is 0 Å². The zero-order chi connectivity index (χ0) is 9.26. The number of hydrogen-bond acceptors (Lipinski definition) is 3. The number of carboxylic acids is 1. The monoisotopic (exact) mass is 186 g/mol. The molecule has 3 unspecified atom stereocenters. The summed E-state index contributed by atoms with van der Waals surface area (Å²) in [6.07, 6.45) is 3.09. The van der Waals surface area contributed by atoms with Crippen molar-refractivity contribution in [2.24, 2.45) is 0 Å². The predicted molar refractivity (Wildman–Crippen MR) is 44.5 cm³/mol. The van der Waals surface area contributed by atoms with E-state index in [9.17, 15) is 4.79 Å². The summed E-state index contributed by atoms with van der Waals surface area (Å²) in [4.78, 5) is 10.6. The lowest BCUT2D eigenvalue weighted by Crippen LogP contribution is -2.28. The molecule has 0 aliphatic carbocycles. The number of carbonyl (C=O) groups is 1. The molecule has 4 heteroatoms. The fraction of sp³-hybridized carbons (Fsp3) is 0.889. The molecule has 0 saturated carbocycles. The van der Waals surface area contributed by atoms with Crippen molar-refractivity contribution in [2.45, 2.75) is 44.0 Å². The third-order valence-corrected chi connectivity index (χ3v) is 2.71. The van der Waals surface area contributed by atoms with E-state index in [0.29, 0.717) is 6.42 Å². The van der Waals surface area contributed by atoms with Gasteiger partial charge in [-0.2, -0.15) is 0 Å². The number of hydrogen-bond donors (Lipinski definition) is 1. The van der Waals surface area contributed by atoms with E-state index < -0.39 is 12.1 Å². The maximum Gasteiger partial charge on any atom is 0.332 e. The third-order valence-electron chi connectivity index (χ3n) is 2.71. The zero-order valence-corrected chi connectivity index (χ0v) is 7.44. The van der Waals surface area contributed by atoms with E-state index in [0.717, 1.165) is 25.9 Å². The number of carboxylic acid groups (broad SMARTS) is 1. The van der Waals surface area contributed by atoms with Crippen LogP contribution in [0.25, 0.3) is 0 Å². The number of aliphatic carboxylic acids is 1. The van der Waals surface area contributed by atoms with Gasteiger partial charge in [0.05, 0.1) is 12.2 Å². The van der Waals surface area contributed by atoms with Crippen LogP contribution in [0.3, 0.4) is 0 Å². The Kier molecular flexibility index (Phi) is 2.51. The molecule has 3 atom stereocenters. The minimum Gasteiger partial charge on any atom is -0.479 e.